The first-order chi connectivity index (χ1) is 5.81. The summed E-state index contributed by atoms with van der Waals surface area (Å²) >= 11 is 0. The number of allylic oxidation sites excluding steroid dienone is 1. The molecule has 1 N–H and O–H groups in total. The Labute approximate surface area is 76.5 Å². The van der Waals surface area contributed by atoms with Crippen molar-refractivity contribution >= 4 is 0 Å². The van der Waals surface area contributed by atoms with E-state index in [9.17, 15) is 0 Å². The quantitative estimate of drug-likeness (QED) is 0.459. The topological polar surface area (TPSA) is 20.2 Å². The fourth-order valence-electron chi connectivity index (χ4n) is 1.08. The number of unbranched alkanes of at least 4 members (excludes halogenated alkanes) is 4. The van der Waals surface area contributed by atoms with Gasteiger partial charge in [0.1, 0.15) is 0 Å². The predicted molar refractivity (Wildman–Crippen MR) is 54.1 cm³/mol. The van der Waals surface area contributed by atoms with Gasteiger partial charge in [-0.25, -0.2) is 0 Å². The second-order valence-corrected chi connectivity index (χ2v) is 3.44. The highest BCUT2D eigenvalue weighted by Gasteiger charge is 1.90. The maximum atomic E-state index is 8.72. The van der Waals surface area contributed by atoms with Crippen molar-refractivity contribution in [2.24, 2.45) is 5.92 Å². The van der Waals surface area contributed by atoms with Gasteiger partial charge in [0.05, 0.1) is 0 Å². The third-order valence-electron chi connectivity index (χ3n) is 1.98. The zero-order valence-electron chi connectivity index (χ0n) is 8.42. The highest BCUT2D eigenvalue weighted by molar-refractivity contribution is 4.85. The van der Waals surface area contributed by atoms with Gasteiger partial charge >= 0.3 is 0 Å². The average Bonchev–Trinajstić information content (AvgIpc) is 2.10. The SMILES string of the molecule is CCCCCC/C=C/C(C)CO. The number of aliphatic hydroxyl groups excluding tert-OH is 1. The molecular formula is C11H22O. The van der Waals surface area contributed by atoms with E-state index in [0.717, 1.165) is 0 Å². The fourth-order valence-corrected chi connectivity index (χ4v) is 1.08. The molecule has 72 valence electrons. The van der Waals surface area contributed by atoms with Crippen molar-refractivity contribution in [2.75, 3.05) is 6.61 Å². The zero-order valence-corrected chi connectivity index (χ0v) is 8.42. The van der Waals surface area contributed by atoms with Crippen LogP contribution in [-0.4, -0.2) is 11.7 Å². The Bertz CT molecular complexity index is 108. The lowest BCUT2D eigenvalue weighted by Crippen LogP contribution is -1.94. The fraction of sp³-hybridized carbons (Fsp3) is 0.818. The van der Waals surface area contributed by atoms with Gasteiger partial charge in [-0.2, -0.15) is 0 Å². The largest absolute Gasteiger partial charge is 0.396 e. The Balaban J connectivity index is 3.12. The molecule has 0 rings (SSSR count). The molecule has 1 unspecified atom stereocenters. The van der Waals surface area contributed by atoms with E-state index in [-0.39, 0.29) is 6.61 Å². The molecule has 0 aromatic carbocycles. The van der Waals surface area contributed by atoms with Gasteiger partial charge in [0.15, 0.2) is 0 Å². The van der Waals surface area contributed by atoms with Gasteiger partial charge in [-0.15, -0.1) is 0 Å². The summed E-state index contributed by atoms with van der Waals surface area (Å²) in [6.45, 7) is 4.53. The molecule has 0 aromatic heterocycles. The first-order valence-electron chi connectivity index (χ1n) is 5.08. The molecule has 0 aliphatic rings. The molecule has 0 saturated carbocycles. The summed E-state index contributed by atoms with van der Waals surface area (Å²) in [5, 5.41) is 8.72. The number of hydrogen-bond donors (Lipinski definition) is 1. The standard InChI is InChI=1S/C11H22O/c1-3-4-5-6-7-8-9-11(2)10-12/h8-9,11-12H,3-7,10H2,1-2H3/b9-8+. The van der Waals surface area contributed by atoms with Crippen LogP contribution in [0.25, 0.3) is 0 Å². The van der Waals surface area contributed by atoms with Gasteiger partial charge in [-0.3, -0.25) is 0 Å². The van der Waals surface area contributed by atoms with Crippen LogP contribution < -0.4 is 0 Å². The first-order valence-corrected chi connectivity index (χ1v) is 5.08. The van der Waals surface area contributed by atoms with E-state index < -0.39 is 0 Å². The second kappa shape index (κ2) is 8.79. The minimum absolute atomic E-state index is 0.269. The van der Waals surface area contributed by atoms with Gasteiger partial charge in [-0.1, -0.05) is 45.3 Å². The van der Waals surface area contributed by atoms with E-state index in [2.05, 4.69) is 19.1 Å². The highest BCUT2D eigenvalue weighted by atomic mass is 16.3. The van der Waals surface area contributed by atoms with Crippen LogP contribution in [0.5, 0.6) is 0 Å². The van der Waals surface area contributed by atoms with Crippen LogP contribution in [0.1, 0.15) is 46.0 Å². The first kappa shape index (κ1) is 11.7. The van der Waals surface area contributed by atoms with Crippen molar-refractivity contribution in [3.8, 4) is 0 Å². The molecular weight excluding hydrogens is 148 g/mol. The van der Waals surface area contributed by atoms with E-state index in [1.807, 2.05) is 6.92 Å². The van der Waals surface area contributed by atoms with Crippen molar-refractivity contribution in [1.82, 2.24) is 0 Å². The molecule has 0 amide bonds. The molecule has 0 spiro atoms. The number of aliphatic hydroxyl groups is 1. The lowest BCUT2D eigenvalue weighted by atomic mass is 10.1. The Morgan fingerprint density at radius 3 is 2.58 bits per heavy atom. The van der Waals surface area contributed by atoms with Crippen molar-refractivity contribution in [3.05, 3.63) is 12.2 Å². The summed E-state index contributed by atoms with van der Waals surface area (Å²) in [5.74, 6) is 0.330. The summed E-state index contributed by atoms with van der Waals surface area (Å²) in [6.07, 6.45) is 10.8. The minimum atomic E-state index is 0.269. The zero-order chi connectivity index (χ0) is 9.23. The summed E-state index contributed by atoms with van der Waals surface area (Å²) in [4.78, 5) is 0. The molecule has 1 nitrogen and oxygen atoms in total. The molecule has 0 aliphatic carbocycles. The van der Waals surface area contributed by atoms with Crippen LogP contribution in [0, 0.1) is 5.92 Å². The molecule has 1 heteroatoms. The third kappa shape index (κ3) is 7.80. The Morgan fingerprint density at radius 1 is 1.25 bits per heavy atom. The van der Waals surface area contributed by atoms with Gasteiger partial charge in [0, 0.05) is 6.61 Å². The predicted octanol–water partition coefficient (Wildman–Crippen LogP) is 3.14. The Kier molecular flexibility index (Phi) is 8.57. The van der Waals surface area contributed by atoms with Crippen LogP contribution in [-0.2, 0) is 0 Å². The molecule has 0 aliphatic heterocycles. The Morgan fingerprint density at radius 2 is 2.00 bits per heavy atom. The van der Waals surface area contributed by atoms with Crippen molar-refractivity contribution < 1.29 is 5.11 Å². The van der Waals surface area contributed by atoms with Crippen molar-refractivity contribution in [1.29, 1.82) is 0 Å². The van der Waals surface area contributed by atoms with E-state index in [0.29, 0.717) is 5.92 Å². The lowest BCUT2D eigenvalue weighted by molar-refractivity contribution is 0.262. The molecule has 12 heavy (non-hydrogen) atoms. The maximum Gasteiger partial charge on any atom is 0.0491 e. The van der Waals surface area contributed by atoms with Gasteiger partial charge < -0.3 is 5.11 Å². The summed E-state index contributed by atoms with van der Waals surface area (Å²) in [7, 11) is 0. The van der Waals surface area contributed by atoms with E-state index in [1.54, 1.807) is 0 Å². The summed E-state index contributed by atoms with van der Waals surface area (Å²) < 4.78 is 0. The minimum Gasteiger partial charge on any atom is -0.396 e. The molecule has 0 bridgehead atoms. The van der Waals surface area contributed by atoms with Crippen LogP contribution in [0.4, 0.5) is 0 Å². The molecule has 0 saturated heterocycles. The Hall–Kier alpha value is -0.300. The smallest absolute Gasteiger partial charge is 0.0491 e. The summed E-state index contributed by atoms with van der Waals surface area (Å²) in [5.41, 5.74) is 0. The van der Waals surface area contributed by atoms with Crippen molar-refractivity contribution in [3.63, 3.8) is 0 Å². The molecule has 0 aromatic rings. The van der Waals surface area contributed by atoms with Gasteiger partial charge in [-0.05, 0) is 18.8 Å². The van der Waals surface area contributed by atoms with Crippen LogP contribution in [0.15, 0.2) is 12.2 Å². The summed E-state index contributed by atoms with van der Waals surface area (Å²) in [6, 6.07) is 0. The van der Waals surface area contributed by atoms with Gasteiger partial charge in [0.2, 0.25) is 0 Å². The lowest BCUT2D eigenvalue weighted by Gasteiger charge is -1.98. The molecule has 0 heterocycles. The molecule has 0 fully saturated rings. The molecule has 0 radical (unpaired) electrons. The molecule has 1 atom stereocenters. The van der Waals surface area contributed by atoms with Crippen LogP contribution in [0.2, 0.25) is 0 Å². The maximum absolute atomic E-state index is 8.72. The van der Waals surface area contributed by atoms with E-state index >= 15 is 0 Å². The van der Waals surface area contributed by atoms with Crippen LogP contribution >= 0.6 is 0 Å². The monoisotopic (exact) mass is 170 g/mol. The number of rotatable bonds is 7. The van der Waals surface area contributed by atoms with Gasteiger partial charge in [0.25, 0.3) is 0 Å². The van der Waals surface area contributed by atoms with Crippen LogP contribution in [0.3, 0.4) is 0 Å². The number of hydrogen-bond acceptors (Lipinski definition) is 1. The average molecular weight is 170 g/mol. The highest BCUT2D eigenvalue weighted by Crippen LogP contribution is 2.04. The second-order valence-electron chi connectivity index (χ2n) is 3.44. The van der Waals surface area contributed by atoms with Crippen molar-refractivity contribution in [2.45, 2.75) is 46.0 Å². The van der Waals surface area contributed by atoms with E-state index in [4.69, 9.17) is 5.11 Å². The van der Waals surface area contributed by atoms with E-state index in [1.165, 1.54) is 32.1 Å². The normalized spacial score (nSPS) is 13.9. The third-order valence-corrected chi connectivity index (χ3v) is 1.98.